The first-order chi connectivity index (χ1) is 9.69. The number of rotatable bonds is 4. The summed E-state index contributed by atoms with van der Waals surface area (Å²) in [7, 11) is 0. The maximum absolute atomic E-state index is 2.41. The summed E-state index contributed by atoms with van der Waals surface area (Å²) in [6.07, 6.45) is 13.4. The molecule has 0 spiro atoms. The van der Waals surface area contributed by atoms with Crippen LogP contribution in [0, 0.1) is 5.92 Å². The van der Waals surface area contributed by atoms with Gasteiger partial charge in [0, 0.05) is 0 Å². The topological polar surface area (TPSA) is 0 Å². The second-order valence-electron chi connectivity index (χ2n) is 6.34. The standard InChI is InChI=1S/C20H28/c1-4-17-8-12-19(13-9-17)20-14-10-18(11-15-20)7-5-6-16(2)3/h5-9,12-13,18,20H,4,10-11,14-15H2,1-3H3/b7-5+. The Bertz CT molecular complexity index is 449. The molecule has 2 rings (SSSR count). The zero-order valence-corrected chi connectivity index (χ0v) is 13.2. The van der Waals surface area contributed by atoms with Crippen molar-refractivity contribution in [1.82, 2.24) is 0 Å². The van der Waals surface area contributed by atoms with Gasteiger partial charge < -0.3 is 0 Å². The van der Waals surface area contributed by atoms with Crippen LogP contribution in [-0.2, 0) is 6.42 Å². The highest BCUT2D eigenvalue weighted by molar-refractivity contribution is 5.26. The second-order valence-corrected chi connectivity index (χ2v) is 6.34. The molecule has 0 heteroatoms. The Morgan fingerprint density at radius 1 is 1.05 bits per heavy atom. The molecule has 0 radical (unpaired) electrons. The number of aryl methyl sites for hydroxylation is 1. The molecule has 0 saturated heterocycles. The van der Waals surface area contributed by atoms with Crippen molar-refractivity contribution in [2.75, 3.05) is 0 Å². The monoisotopic (exact) mass is 268 g/mol. The maximum atomic E-state index is 2.41. The van der Waals surface area contributed by atoms with Crippen LogP contribution >= 0.6 is 0 Å². The SMILES string of the molecule is CCc1ccc(C2CCC(/C=C/C=C(C)C)CC2)cc1. The summed E-state index contributed by atoms with van der Waals surface area (Å²) in [4.78, 5) is 0. The van der Waals surface area contributed by atoms with Crippen LogP contribution in [0.2, 0.25) is 0 Å². The minimum atomic E-state index is 0.786. The van der Waals surface area contributed by atoms with Gasteiger partial charge in [-0.1, -0.05) is 55.0 Å². The van der Waals surface area contributed by atoms with Crippen molar-refractivity contribution in [3.8, 4) is 0 Å². The quantitative estimate of drug-likeness (QED) is 0.583. The molecular formula is C20H28. The number of hydrogen-bond acceptors (Lipinski definition) is 0. The summed E-state index contributed by atoms with van der Waals surface area (Å²) < 4.78 is 0. The number of allylic oxidation sites excluding steroid dienone is 4. The third-order valence-electron chi connectivity index (χ3n) is 4.44. The van der Waals surface area contributed by atoms with Gasteiger partial charge in [-0.3, -0.25) is 0 Å². The zero-order chi connectivity index (χ0) is 14.4. The third-order valence-corrected chi connectivity index (χ3v) is 4.44. The highest BCUT2D eigenvalue weighted by Gasteiger charge is 2.20. The maximum Gasteiger partial charge on any atom is -0.0162 e. The van der Waals surface area contributed by atoms with Crippen LogP contribution in [0.3, 0.4) is 0 Å². The molecule has 0 amide bonds. The molecule has 0 heterocycles. The van der Waals surface area contributed by atoms with E-state index in [4.69, 9.17) is 0 Å². The molecule has 1 aliphatic carbocycles. The van der Waals surface area contributed by atoms with Crippen LogP contribution in [0.1, 0.15) is 63.5 Å². The number of hydrogen-bond donors (Lipinski definition) is 0. The lowest BCUT2D eigenvalue weighted by atomic mass is 9.78. The Morgan fingerprint density at radius 3 is 2.25 bits per heavy atom. The summed E-state index contributed by atoms with van der Waals surface area (Å²) in [5.41, 5.74) is 4.38. The lowest BCUT2D eigenvalue weighted by Gasteiger charge is -2.27. The Hall–Kier alpha value is -1.30. The summed E-state index contributed by atoms with van der Waals surface area (Å²) in [6, 6.07) is 9.30. The zero-order valence-electron chi connectivity index (χ0n) is 13.2. The predicted octanol–water partition coefficient (Wildman–Crippen LogP) is 6.05. The molecule has 1 fully saturated rings. The van der Waals surface area contributed by atoms with Gasteiger partial charge in [0.25, 0.3) is 0 Å². The minimum Gasteiger partial charge on any atom is -0.0814 e. The van der Waals surface area contributed by atoms with Crippen molar-refractivity contribution in [2.24, 2.45) is 5.92 Å². The largest absolute Gasteiger partial charge is 0.0814 e. The molecule has 0 aromatic heterocycles. The molecule has 0 atom stereocenters. The van der Waals surface area contributed by atoms with Crippen LogP contribution in [0.4, 0.5) is 0 Å². The Balaban J connectivity index is 1.87. The van der Waals surface area contributed by atoms with Crippen LogP contribution in [-0.4, -0.2) is 0 Å². The molecule has 1 aromatic rings. The average molecular weight is 268 g/mol. The predicted molar refractivity (Wildman–Crippen MR) is 89.1 cm³/mol. The van der Waals surface area contributed by atoms with E-state index < -0.39 is 0 Å². The van der Waals surface area contributed by atoms with Gasteiger partial charge in [-0.25, -0.2) is 0 Å². The van der Waals surface area contributed by atoms with E-state index in [2.05, 4.69) is 63.3 Å². The molecule has 0 nitrogen and oxygen atoms in total. The molecular weight excluding hydrogens is 240 g/mol. The molecule has 0 bridgehead atoms. The van der Waals surface area contributed by atoms with E-state index in [1.165, 1.54) is 36.8 Å². The number of benzene rings is 1. The van der Waals surface area contributed by atoms with Gasteiger partial charge >= 0.3 is 0 Å². The fourth-order valence-electron chi connectivity index (χ4n) is 3.08. The molecule has 0 unspecified atom stereocenters. The molecule has 20 heavy (non-hydrogen) atoms. The van der Waals surface area contributed by atoms with E-state index in [1.54, 1.807) is 5.56 Å². The molecule has 1 aromatic carbocycles. The summed E-state index contributed by atoms with van der Waals surface area (Å²) in [5, 5.41) is 0. The first-order valence-electron chi connectivity index (χ1n) is 8.09. The Kier molecular flexibility index (Phi) is 5.64. The van der Waals surface area contributed by atoms with Gasteiger partial charge in [0.1, 0.15) is 0 Å². The van der Waals surface area contributed by atoms with E-state index in [-0.39, 0.29) is 0 Å². The fraction of sp³-hybridized carbons (Fsp3) is 0.500. The van der Waals surface area contributed by atoms with Crippen LogP contribution in [0.5, 0.6) is 0 Å². The lowest BCUT2D eigenvalue weighted by molar-refractivity contribution is 0.376. The second kappa shape index (κ2) is 7.47. The summed E-state index contributed by atoms with van der Waals surface area (Å²) in [5.74, 6) is 1.57. The van der Waals surface area contributed by atoms with Crippen molar-refractivity contribution in [3.63, 3.8) is 0 Å². The van der Waals surface area contributed by atoms with E-state index in [0.717, 1.165) is 18.3 Å². The highest BCUT2D eigenvalue weighted by Crippen LogP contribution is 2.36. The van der Waals surface area contributed by atoms with Crippen molar-refractivity contribution in [1.29, 1.82) is 0 Å². The van der Waals surface area contributed by atoms with Crippen molar-refractivity contribution in [3.05, 3.63) is 59.2 Å². The summed E-state index contributed by atoms with van der Waals surface area (Å²) >= 11 is 0. The van der Waals surface area contributed by atoms with Gasteiger partial charge in [-0.2, -0.15) is 0 Å². The Labute approximate surface area is 124 Å². The first-order valence-corrected chi connectivity index (χ1v) is 8.09. The van der Waals surface area contributed by atoms with Gasteiger partial charge in [-0.05, 0) is 68.9 Å². The van der Waals surface area contributed by atoms with Gasteiger partial charge in [0.2, 0.25) is 0 Å². The minimum absolute atomic E-state index is 0.786. The van der Waals surface area contributed by atoms with E-state index >= 15 is 0 Å². The highest BCUT2D eigenvalue weighted by atomic mass is 14.2. The lowest BCUT2D eigenvalue weighted by Crippen LogP contribution is -2.11. The smallest absolute Gasteiger partial charge is 0.0162 e. The van der Waals surface area contributed by atoms with Crippen molar-refractivity contribution >= 4 is 0 Å². The van der Waals surface area contributed by atoms with Crippen LogP contribution in [0.15, 0.2) is 48.1 Å². The van der Waals surface area contributed by atoms with E-state index in [0.29, 0.717) is 0 Å². The van der Waals surface area contributed by atoms with Gasteiger partial charge in [0.05, 0.1) is 0 Å². The Morgan fingerprint density at radius 2 is 1.70 bits per heavy atom. The summed E-state index contributed by atoms with van der Waals surface area (Å²) in [6.45, 7) is 6.53. The van der Waals surface area contributed by atoms with Crippen molar-refractivity contribution < 1.29 is 0 Å². The average Bonchev–Trinajstić information content (AvgIpc) is 2.48. The van der Waals surface area contributed by atoms with E-state index in [1.807, 2.05) is 0 Å². The first kappa shape index (κ1) is 15.1. The van der Waals surface area contributed by atoms with Crippen LogP contribution in [0.25, 0.3) is 0 Å². The molecule has 108 valence electrons. The van der Waals surface area contributed by atoms with Crippen LogP contribution < -0.4 is 0 Å². The molecule has 0 N–H and O–H groups in total. The molecule has 0 aliphatic heterocycles. The molecule has 1 saturated carbocycles. The fourth-order valence-corrected chi connectivity index (χ4v) is 3.08. The van der Waals surface area contributed by atoms with Crippen molar-refractivity contribution in [2.45, 2.75) is 58.8 Å². The van der Waals surface area contributed by atoms with Gasteiger partial charge in [0.15, 0.2) is 0 Å². The molecule has 1 aliphatic rings. The van der Waals surface area contributed by atoms with Gasteiger partial charge in [-0.15, -0.1) is 0 Å². The third kappa shape index (κ3) is 4.37. The normalized spacial score (nSPS) is 22.9. The van der Waals surface area contributed by atoms with E-state index in [9.17, 15) is 0 Å².